The predicted octanol–water partition coefficient (Wildman–Crippen LogP) is 5.56. The molecule has 0 aliphatic carbocycles. The first-order valence-corrected chi connectivity index (χ1v) is 15.9. The Bertz CT molecular complexity index is 1600. The molecular weight excluding hydrogens is 581 g/mol. The maximum Gasteiger partial charge on any atom is 0.261 e. The van der Waals surface area contributed by atoms with E-state index >= 15 is 0 Å². The van der Waals surface area contributed by atoms with Crippen molar-refractivity contribution >= 4 is 27.5 Å². The van der Waals surface area contributed by atoms with Crippen LogP contribution in [-0.4, -0.2) is 44.3 Å². The van der Waals surface area contributed by atoms with E-state index in [1.807, 2.05) is 67.6 Å². The lowest BCUT2D eigenvalue weighted by Gasteiger charge is -2.31. The molecule has 0 aliphatic heterocycles. The maximum absolute atomic E-state index is 13.7. The lowest BCUT2D eigenvalue weighted by Crippen LogP contribution is -2.51. The Balaban J connectivity index is 1.50. The van der Waals surface area contributed by atoms with Crippen molar-refractivity contribution in [2.75, 3.05) is 17.9 Å². The summed E-state index contributed by atoms with van der Waals surface area (Å²) in [6, 6.07) is 28.8. The standard InChI is InChI=1S/C34H36FN3O5S/c1-2-3-22-36-34(40)32(23-26-10-6-4-7-11-26)38(24-27-12-8-5-9-13-27)33(39)25-43-30-18-20-31(21-19-30)44(41,42)37-29-16-14-28(35)15-17-29/h4-21,32,37H,2-3,22-25H2,1H3,(H,36,40)/t32-/m0/s1. The van der Waals surface area contributed by atoms with E-state index in [0.29, 0.717) is 13.0 Å². The largest absolute Gasteiger partial charge is 0.484 e. The number of sulfonamides is 1. The van der Waals surface area contributed by atoms with Gasteiger partial charge in [0.05, 0.1) is 4.90 Å². The Kier molecular flexibility index (Phi) is 11.5. The molecule has 0 fully saturated rings. The topological polar surface area (TPSA) is 105 Å². The van der Waals surface area contributed by atoms with Gasteiger partial charge in [0.25, 0.3) is 15.9 Å². The molecule has 44 heavy (non-hydrogen) atoms. The van der Waals surface area contributed by atoms with Gasteiger partial charge in [0.15, 0.2) is 6.61 Å². The van der Waals surface area contributed by atoms with Crippen molar-refractivity contribution in [3.63, 3.8) is 0 Å². The number of hydrogen-bond acceptors (Lipinski definition) is 5. The van der Waals surface area contributed by atoms with E-state index in [0.717, 1.165) is 36.1 Å². The van der Waals surface area contributed by atoms with Crippen LogP contribution in [0.3, 0.4) is 0 Å². The van der Waals surface area contributed by atoms with E-state index in [4.69, 9.17) is 4.74 Å². The van der Waals surface area contributed by atoms with Gasteiger partial charge in [0.2, 0.25) is 5.91 Å². The summed E-state index contributed by atoms with van der Waals surface area (Å²) in [5.41, 5.74) is 2.00. The van der Waals surface area contributed by atoms with Crippen LogP contribution in [0.2, 0.25) is 0 Å². The zero-order valence-corrected chi connectivity index (χ0v) is 25.3. The summed E-state index contributed by atoms with van der Waals surface area (Å²) < 4.78 is 46.9. The number of hydrogen-bond donors (Lipinski definition) is 2. The number of carbonyl (C=O) groups excluding carboxylic acids is 2. The van der Waals surface area contributed by atoms with Gasteiger partial charge in [-0.05, 0) is 66.1 Å². The molecule has 4 rings (SSSR count). The first-order valence-electron chi connectivity index (χ1n) is 14.4. The molecule has 0 radical (unpaired) electrons. The Morgan fingerprint density at radius 1 is 0.841 bits per heavy atom. The van der Waals surface area contributed by atoms with Crippen molar-refractivity contribution in [1.29, 1.82) is 0 Å². The van der Waals surface area contributed by atoms with Gasteiger partial charge >= 0.3 is 0 Å². The number of carbonyl (C=O) groups is 2. The van der Waals surface area contributed by atoms with E-state index in [2.05, 4.69) is 10.0 Å². The van der Waals surface area contributed by atoms with Crippen LogP contribution >= 0.6 is 0 Å². The number of rotatable bonds is 15. The Labute approximate surface area is 257 Å². The zero-order valence-electron chi connectivity index (χ0n) is 24.5. The highest BCUT2D eigenvalue weighted by Crippen LogP contribution is 2.21. The minimum absolute atomic E-state index is 0.0297. The number of halogens is 1. The zero-order chi connectivity index (χ0) is 31.4. The highest BCUT2D eigenvalue weighted by molar-refractivity contribution is 7.92. The van der Waals surface area contributed by atoms with Gasteiger partial charge < -0.3 is 15.0 Å². The first kappa shape index (κ1) is 32.2. The maximum atomic E-state index is 13.7. The number of anilines is 1. The molecule has 0 saturated heterocycles. The summed E-state index contributed by atoms with van der Waals surface area (Å²) in [6.45, 7) is 2.39. The third-order valence-corrected chi connectivity index (χ3v) is 8.29. The van der Waals surface area contributed by atoms with E-state index in [1.54, 1.807) is 0 Å². The molecule has 0 aromatic heterocycles. The highest BCUT2D eigenvalue weighted by Gasteiger charge is 2.30. The molecule has 1 atom stereocenters. The first-order chi connectivity index (χ1) is 21.2. The van der Waals surface area contributed by atoms with Gasteiger partial charge in [-0.15, -0.1) is 0 Å². The van der Waals surface area contributed by atoms with Crippen LogP contribution in [0, 0.1) is 5.82 Å². The summed E-state index contributed by atoms with van der Waals surface area (Å²) in [5.74, 6) is -0.828. The van der Waals surface area contributed by atoms with Crippen molar-refractivity contribution in [3.8, 4) is 5.75 Å². The third-order valence-electron chi connectivity index (χ3n) is 6.89. The van der Waals surface area contributed by atoms with Gasteiger partial charge in [-0.3, -0.25) is 14.3 Å². The molecule has 2 N–H and O–H groups in total. The Morgan fingerprint density at radius 3 is 2.07 bits per heavy atom. The summed E-state index contributed by atoms with van der Waals surface area (Å²) in [6.07, 6.45) is 2.07. The molecule has 8 nitrogen and oxygen atoms in total. The van der Waals surface area contributed by atoms with Crippen molar-refractivity contribution < 1.29 is 27.1 Å². The second kappa shape index (κ2) is 15.7. The van der Waals surface area contributed by atoms with Crippen LogP contribution in [-0.2, 0) is 32.6 Å². The fourth-order valence-electron chi connectivity index (χ4n) is 4.52. The van der Waals surface area contributed by atoms with Crippen LogP contribution in [0.15, 0.2) is 114 Å². The van der Waals surface area contributed by atoms with Gasteiger partial charge in [0.1, 0.15) is 17.6 Å². The number of ether oxygens (including phenoxy) is 1. The molecule has 0 spiro atoms. The molecule has 0 heterocycles. The lowest BCUT2D eigenvalue weighted by atomic mass is 10.0. The molecular formula is C34H36FN3O5S. The Morgan fingerprint density at radius 2 is 1.45 bits per heavy atom. The minimum atomic E-state index is -3.93. The normalized spacial score (nSPS) is 11.8. The molecule has 0 saturated carbocycles. The second-order valence-corrected chi connectivity index (χ2v) is 11.9. The van der Waals surface area contributed by atoms with Crippen molar-refractivity contribution in [3.05, 3.63) is 126 Å². The molecule has 2 amide bonds. The molecule has 4 aromatic rings. The van der Waals surface area contributed by atoms with E-state index in [-0.39, 0.29) is 35.4 Å². The SMILES string of the molecule is CCCCNC(=O)[C@H](Cc1ccccc1)N(Cc1ccccc1)C(=O)COc1ccc(S(=O)(=O)Nc2ccc(F)cc2)cc1. The minimum Gasteiger partial charge on any atom is -0.484 e. The van der Waals surface area contributed by atoms with E-state index in [9.17, 15) is 22.4 Å². The number of unbranched alkanes of at least 4 members (excludes halogenated alkanes) is 1. The molecule has 0 aliphatic rings. The summed E-state index contributed by atoms with van der Waals surface area (Å²) >= 11 is 0. The van der Waals surface area contributed by atoms with Crippen molar-refractivity contribution in [2.45, 2.75) is 43.7 Å². The fraction of sp³-hybridized carbons (Fsp3) is 0.235. The van der Waals surface area contributed by atoms with Crippen molar-refractivity contribution in [1.82, 2.24) is 10.2 Å². The van der Waals surface area contributed by atoms with E-state index < -0.39 is 27.8 Å². The van der Waals surface area contributed by atoms with Gasteiger partial charge in [-0.2, -0.15) is 0 Å². The van der Waals surface area contributed by atoms with Crippen LogP contribution < -0.4 is 14.8 Å². The van der Waals surface area contributed by atoms with E-state index in [1.165, 1.54) is 41.3 Å². The van der Waals surface area contributed by atoms with Gasteiger partial charge in [0, 0.05) is 25.2 Å². The highest BCUT2D eigenvalue weighted by atomic mass is 32.2. The number of amides is 2. The number of nitrogens with zero attached hydrogens (tertiary/aromatic N) is 1. The predicted molar refractivity (Wildman–Crippen MR) is 168 cm³/mol. The van der Waals surface area contributed by atoms with Crippen LogP contribution in [0.5, 0.6) is 5.75 Å². The third kappa shape index (κ3) is 9.40. The lowest BCUT2D eigenvalue weighted by molar-refractivity contribution is -0.142. The van der Waals surface area contributed by atoms with Gasteiger partial charge in [-0.1, -0.05) is 74.0 Å². The molecule has 0 bridgehead atoms. The number of benzene rings is 4. The summed E-state index contributed by atoms with van der Waals surface area (Å²) in [4.78, 5) is 28.7. The quantitative estimate of drug-likeness (QED) is 0.170. The molecule has 230 valence electrons. The average molecular weight is 618 g/mol. The summed E-state index contributed by atoms with van der Waals surface area (Å²) in [5, 5.41) is 2.98. The molecule has 4 aromatic carbocycles. The smallest absolute Gasteiger partial charge is 0.261 e. The second-order valence-electron chi connectivity index (χ2n) is 10.2. The van der Waals surface area contributed by atoms with Crippen LogP contribution in [0.4, 0.5) is 10.1 Å². The average Bonchev–Trinajstić information content (AvgIpc) is 3.04. The fourth-order valence-corrected chi connectivity index (χ4v) is 5.57. The van der Waals surface area contributed by atoms with Crippen LogP contribution in [0.1, 0.15) is 30.9 Å². The summed E-state index contributed by atoms with van der Waals surface area (Å²) in [7, 11) is -3.93. The van der Waals surface area contributed by atoms with Gasteiger partial charge in [-0.25, -0.2) is 12.8 Å². The monoisotopic (exact) mass is 617 g/mol. The van der Waals surface area contributed by atoms with Crippen LogP contribution in [0.25, 0.3) is 0 Å². The van der Waals surface area contributed by atoms with Crippen molar-refractivity contribution in [2.24, 2.45) is 0 Å². The molecule has 0 unspecified atom stereocenters. The number of nitrogens with one attached hydrogen (secondary N) is 2. The molecule has 10 heteroatoms. The Hall–Kier alpha value is -4.70.